The first-order chi connectivity index (χ1) is 15.0. The highest BCUT2D eigenvalue weighted by Crippen LogP contribution is 2.24. The summed E-state index contributed by atoms with van der Waals surface area (Å²) in [5, 5.41) is 0. The largest absolute Gasteiger partial charge is 0.420 e. The zero-order valence-electron chi connectivity index (χ0n) is 17.9. The highest BCUT2D eigenvalue weighted by atomic mass is 16.4. The number of piperidine rings is 1. The third-order valence-corrected chi connectivity index (χ3v) is 6.53. The average Bonchev–Trinajstić information content (AvgIpc) is 3.29. The minimum atomic E-state index is -0.484. The number of hydrogen-bond donors (Lipinski definition) is 0. The molecule has 1 saturated heterocycles. The highest BCUT2D eigenvalue weighted by molar-refractivity contribution is 5.80. The predicted molar refractivity (Wildman–Crippen MR) is 119 cm³/mol. The molecule has 0 N–H and O–H groups in total. The Balaban J connectivity index is 1.23. The maximum atomic E-state index is 12.8. The summed E-state index contributed by atoms with van der Waals surface area (Å²) in [5.74, 6) is -0.0197. The number of imidazole rings is 1. The van der Waals surface area contributed by atoms with Crippen LogP contribution in [0.2, 0.25) is 0 Å². The lowest BCUT2D eigenvalue weighted by atomic mass is 9.96. The first-order valence-corrected chi connectivity index (χ1v) is 10.8. The Hall–Kier alpha value is -3.35. The van der Waals surface area contributed by atoms with E-state index in [0.29, 0.717) is 30.1 Å². The second kappa shape index (κ2) is 7.72. The fourth-order valence-electron chi connectivity index (χ4n) is 4.50. The zero-order valence-corrected chi connectivity index (χ0v) is 17.9. The second-order valence-electron chi connectivity index (χ2n) is 8.57. The third-order valence-electron chi connectivity index (χ3n) is 6.53. The summed E-state index contributed by atoms with van der Waals surface area (Å²) in [6.45, 7) is 6.58. The fourth-order valence-corrected chi connectivity index (χ4v) is 4.50. The van der Waals surface area contributed by atoms with Crippen LogP contribution in [-0.2, 0) is 17.9 Å². The molecule has 0 unspecified atom stereocenters. The van der Waals surface area contributed by atoms with Crippen LogP contribution in [-0.4, -0.2) is 38.0 Å². The fraction of sp³-hybridized carbons (Fsp3) is 0.375. The number of carbonyl (C=O) groups is 1. The summed E-state index contributed by atoms with van der Waals surface area (Å²) in [6.07, 6.45) is 3.81. The topological polar surface area (TPSA) is 73.3 Å². The van der Waals surface area contributed by atoms with Crippen LogP contribution in [0, 0.1) is 19.8 Å². The molecule has 5 rings (SSSR count). The van der Waals surface area contributed by atoms with Crippen molar-refractivity contribution in [3.63, 3.8) is 0 Å². The van der Waals surface area contributed by atoms with Crippen LogP contribution in [0.3, 0.4) is 0 Å². The molecule has 0 atom stereocenters. The number of amides is 1. The van der Waals surface area contributed by atoms with E-state index in [9.17, 15) is 9.59 Å². The van der Waals surface area contributed by atoms with Crippen molar-refractivity contribution in [1.82, 2.24) is 19.0 Å². The van der Waals surface area contributed by atoms with Crippen LogP contribution in [0.4, 0.5) is 0 Å². The maximum Gasteiger partial charge on any atom is 0.420 e. The first-order valence-electron chi connectivity index (χ1n) is 10.8. The minimum absolute atomic E-state index is 0.0191. The van der Waals surface area contributed by atoms with E-state index >= 15 is 0 Å². The summed E-state index contributed by atoms with van der Waals surface area (Å²) in [6, 6.07) is 11.6. The summed E-state index contributed by atoms with van der Waals surface area (Å²) >= 11 is 0. The monoisotopic (exact) mass is 418 g/mol. The minimum Gasteiger partial charge on any atom is -0.408 e. The number of rotatable bonds is 4. The van der Waals surface area contributed by atoms with Crippen LogP contribution in [0.1, 0.15) is 24.0 Å². The Morgan fingerprint density at radius 2 is 1.84 bits per heavy atom. The highest BCUT2D eigenvalue weighted by Gasteiger charge is 2.24. The van der Waals surface area contributed by atoms with Gasteiger partial charge in [-0.1, -0.05) is 12.1 Å². The Kier molecular flexibility index (Phi) is 4.88. The van der Waals surface area contributed by atoms with Crippen LogP contribution < -0.4 is 5.76 Å². The Bertz CT molecular complexity index is 1320. The summed E-state index contributed by atoms with van der Waals surface area (Å²) in [5.41, 5.74) is 5.91. The van der Waals surface area contributed by atoms with Gasteiger partial charge in [-0.25, -0.2) is 9.78 Å². The van der Waals surface area contributed by atoms with Gasteiger partial charge in [-0.2, -0.15) is 0 Å². The van der Waals surface area contributed by atoms with E-state index in [0.717, 1.165) is 24.9 Å². The van der Waals surface area contributed by atoms with Gasteiger partial charge in [0, 0.05) is 19.6 Å². The quantitative estimate of drug-likeness (QED) is 0.508. The van der Waals surface area contributed by atoms with Crippen molar-refractivity contribution in [2.45, 2.75) is 39.8 Å². The molecule has 1 aliphatic rings. The van der Waals surface area contributed by atoms with Gasteiger partial charge in [-0.05, 0) is 68.0 Å². The van der Waals surface area contributed by atoms with Gasteiger partial charge in [-0.15, -0.1) is 0 Å². The van der Waals surface area contributed by atoms with Crippen molar-refractivity contribution in [2.24, 2.45) is 5.92 Å². The molecule has 3 heterocycles. The molecule has 160 valence electrons. The molecule has 0 aliphatic carbocycles. The molecular weight excluding hydrogens is 392 g/mol. The van der Waals surface area contributed by atoms with Gasteiger partial charge in [-0.3, -0.25) is 9.36 Å². The number of hydrogen-bond acceptors (Lipinski definition) is 4. The number of para-hydroxylation sites is 2. The lowest BCUT2D eigenvalue weighted by Crippen LogP contribution is -2.41. The van der Waals surface area contributed by atoms with Crippen LogP contribution in [0.25, 0.3) is 22.1 Å². The van der Waals surface area contributed by atoms with Gasteiger partial charge >= 0.3 is 5.76 Å². The van der Waals surface area contributed by atoms with E-state index in [-0.39, 0.29) is 12.5 Å². The van der Waals surface area contributed by atoms with E-state index in [2.05, 4.69) is 35.5 Å². The molecule has 1 fully saturated rings. The Morgan fingerprint density at radius 3 is 2.65 bits per heavy atom. The van der Waals surface area contributed by atoms with Gasteiger partial charge in [0.2, 0.25) is 5.91 Å². The number of nitrogens with zero attached hydrogens (tertiary/aromatic N) is 4. The number of fused-ring (bicyclic) bond motifs is 2. The Labute approximate surface area is 179 Å². The van der Waals surface area contributed by atoms with Gasteiger partial charge in [0.15, 0.2) is 5.58 Å². The van der Waals surface area contributed by atoms with Crippen molar-refractivity contribution in [3.05, 3.63) is 64.4 Å². The maximum absolute atomic E-state index is 12.8. The van der Waals surface area contributed by atoms with E-state index < -0.39 is 5.76 Å². The van der Waals surface area contributed by atoms with Gasteiger partial charge < -0.3 is 13.9 Å². The standard InChI is InChI=1S/C24H26N4O3/c1-16-11-19-21(12-17(16)2)27(15-25-19)13-18-7-9-26(10-8-18)23(29)14-28-20-5-3-4-6-22(20)31-24(28)30/h3-6,11-12,15,18H,7-10,13-14H2,1-2H3. The molecule has 1 aliphatic heterocycles. The molecule has 7 nitrogen and oxygen atoms in total. The molecular formula is C24H26N4O3. The van der Waals surface area contributed by atoms with E-state index in [1.54, 1.807) is 12.1 Å². The first kappa shape index (κ1) is 19.6. The second-order valence-corrected chi connectivity index (χ2v) is 8.57. The van der Waals surface area contributed by atoms with Crippen molar-refractivity contribution in [1.29, 1.82) is 0 Å². The summed E-state index contributed by atoms with van der Waals surface area (Å²) in [4.78, 5) is 31.4. The molecule has 0 saturated carbocycles. The van der Waals surface area contributed by atoms with E-state index in [1.165, 1.54) is 21.2 Å². The lowest BCUT2D eigenvalue weighted by Gasteiger charge is -2.32. The van der Waals surface area contributed by atoms with Crippen LogP contribution >= 0.6 is 0 Å². The van der Waals surface area contributed by atoms with Gasteiger partial charge in [0.1, 0.15) is 6.54 Å². The molecule has 0 bridgehead atoms. The Morgan fingerprint density at radius 1 is 1.10 bits per heavy atom. The lowest BCUT2D eigenvalue weighted by molar-refractivity contribution is -0.133. The number of benzene rings is 2. The molecule has 2 aromatic heterocycles. The molecule has 7 heteroatoms. The molecule has 0 spiro atoms. The SMILES string of the molecule is Cc1cc2ncn(CC3CCN(C(=O)Cn4c(=O)oc5ccccc54)CC3)c2cc1C. The third kappa shape index (κ3) is 3.65. The molecule has 0 radical (unpaired) electrons. The summed E-state index contributed by atoms with van der Waals surface area (Å²) in [7, 11) is 0. The predicted octanol–water partition coefficient (Wildman–Crippen LogP) is 3.50. The van der Waals surface area contributed by atoms with E-state index in [4.69, 9.17) is 4.42 Å². The van der Waals surface area contributed by atoms with Gasteiger partial charge in [0.05, 0.1) is 22.9 Å². The van der Waals surface area contributed by atoms with Crippen LogP contribution in [0.5, 0.6) is 0 Å². The smallest absolute Gasteiger partial charge is 0.408 e. The van der Waals surface area contributed by atoms with Crippen molar-refractivity contribution in [2.75, 3.05) is 13.1 Å². The average molecular weight is 418 g/mol. The van der Waals surface area contributed by atoms with Crippen molar-refractivity contribution >= 4 is 28.0 Å². The van der Waals surface area contributed by atoms with Crippen molar-refractivity contribution in [3.8, 4) is 0 Å². The zero-order chi connectivity index (χ0) is 21.5. The summed E-state index contributed by atoms with van der Waals surface area (Å²) < 4.78 is 8.90. The number of carbonyl (C=O) groups excluding carboxylic acids is 1. The normalized spacial score (nSPS) is 15.2. The van der Waals surface area contributed by atoms with Crippen LogP contribution in [0.15, 0.2) is 51.9 Å². The van der Waals surface area contributed by atoms with Crippen molar-refractivity contribution < 1.29 is 9.21 Å². The molecule has 4 aromatic rings. The molecule has 2 aromatic carbocycles. The number of aromatic nitrogens is 3. The number of oxazole rings is 1. The molecule has 31 heavy (non-hydrogen) atoms. The number of aryl methyl sites for hydroxylation is 2. The molecule has 1 amide bonds. The number of likely N-dealkylation sites (tertiary alicyclic amines) is 1. The van der Waals surface area contributed by atoms with E-state index in [1.807, 2.05) is 23.4 Å². The van der Waals surface area contributed by atoms with Gasteiger partial charge in [0.25, 0.3) is 0 Å².